The van der Waals surface area contributed by atoms with Crippen molar-refractivity contribution in [2.24, 2.45) is 0 Å². The molecule has 2 rings (SSSR count). The normalized spacial score (nSPS) is 21.2. The molecule has 1 saturated heterocycles. The average molecular weight is 384 g/mol. The Hall–Kier alpha value is -1.97. The molecule has 144 valence electrons. The molecule has 8 nitrogen and oxygen atoms in total. The van der Waals surface area contributed by atoms with Gasteiger partial charge >= 0.3 is 5.97 Å². The number of amides is 1. The molecule has 0 bridgehead atoms. The van der Waals surface area contributed by atoms with Crippen LogP contribution in [0.2, 0.25) is 0 Å². The lowest BCUT2D eigenvalue weighted by Crippen LogP contribution is -2.48. The minimum atomic E-state index is -3.64. The predicted octanol–water partition coefficient (Wildman–Crippen LogP) is 0.777. The summed E-state index contributed by atoms with van der Waals surface area (Å²) < 4.78 is 37.0. The molecule has 0 unspecified atom stereocenters. The second kappa shape index (κ2) is 8.61. The molecule has 0 aromatic heterocycles. The molecule has 0 saturated carbocycles. The van der Waals surface area contributed by atoms with Gasteiger partial charge in [-0.2, -0.15) is 4.31 Å². The molecule has 0 aliphatic carbocycles. The zero-order valence-electron chi connectivity index (χ0n) is 15.1. The third kappa shape index (κ3) is 5.03. The van der Waals surface area contributed by atoms with E-state index in [2.05, 4.69) is 10.1 Å². The Morgan fingerprint density at radius 1 is 1.19 bits per heavy atom. The molecule has 1 amide bonds. The molecular formula is C17H24N2O6S. The van der Waals surface area contributed by atoms with Gasteiger partial charge in [-0.1, -0.05) is 0 Å². The fourth-order valence-electron chi connectivity index (χ4n) is 2.74. The van der Waals surface area contributed by atoms with E-state index in [1.807, 2.05) is 13.8 Å². The number of ether oxygens (including phenoxy) is 2. The van der Waals surface area contributed by atoms with Crippen LogP contribution in [-0.4, -0.2) is 63.6 Å². The summed E-state index contributed by atoms with van der Waals surface area (Å²) in [5.74, 6) is -0.799. The maximum Gasteiger partial charge on any atom is 0.307 e. The number of morpholine rings is 1. The van der Waals surface area contributed by atoms with Crippen LogP contribution in [0.5, 0.6) is 0 Å². The summed E-state index contributed by atoms with van der Waals surface area (Å²) in [5, 5.41) is 2.58. The van der Waals surface area contributed by atoms with Crippen LogP contribution >= 0.6 is 0 Å². The number of rotatable bonds is 6. The van der Waals surface area contributed by atoms with E-state index in [9.17, 15) is 18.0 Å². The third-order valence-corrected chi connectivity index (χ3v) is 5.83. The zero-order chi connectivity index (χ0) is 19.3. The van der Waals surface area contributed by atoms with Gasteiger partial charge in [0.25, 0.3) is 5.91 Å². The van der Waals surface area contributed by atoms with Crippen molar-refractivity contribution in [1.29, 1.82) is 0 Å². The van der Waals surface area contributed by atoms with Gasteiger partial charge in [0.15, 0.2) is 0 Å². The maximum absolute atomic E-state index is 12.8. The van der Waals surface area contributed by atoms with E-state index < -0.39 is 16.0 Å². The molecule has 1 aliphatic rings. The van der Waals surface area contributed by atoms with E-state index >= 15 is 0 Å². The summed E-state index contributed by atoms with van der Waals surface area (Å²) >= 11 is 0. The number of esters is 1. The molecule has 1 aromatic rings. The average Bonchev–Trinajstić information content (AvgIpc) is 2.60. The molecule has 0 spiro atoms. The molecule has 1 fully saturated rings. The van der Waals surface area contributed by atoms with E-state index in [1.165, 1.54) is 35.7 Å². The van der Waals surface area contributed by atoms with Gasteiger partial charge in [-0.05, 0) is 38.1 Å². The van der Waals surface area contributed by atoms with Crippen LogP contribution in [-0.2, 0) is 24.3 Å². The number of benzene rings is 1. The Bertz CT molecular complexity index is 737. The SMILES string of the molecule is COC(=O)CCNC(=O)c1ccc(S(=O)(=O)N2C[C@@H](C)O[C@@H](C)C2)cc1. The molecule has 2 atom stereocenters. The Balaban J connectivity index is 2.03. The van der Waals surface area contributed by atoms with Crippen molar-refractivity contribution in [1.82, 2.24) is 9.62 Å². The fourth-order valence-corrected chi connectivity index (χ4v) is 4.33. The topological polar surface area (TPSA) is 102 Å². The zero-order valence-corrected chi connectivity index (χ0v) is 15.9. The van der Waals surface area contributed by atoms with Crippen LogP contribution in [0.15, 0.2) is 29.2 Å². The van der Waals surface area contributed by atoms with E-state index in [4.69, 9.17) is 4.74 Å². The molecule has 0 radical (unpaired) electrons. The lowest BCUT2D eigenvalue weighted by atomic mass is 10.2. The number of hydrogen-bond acceptors (Lipinski definition) is 6. The van der Waals surface area contributed by atoms with Crippen molar-refractivity contribution in [3.8, 4) is 0 Å². The van der Waals surface area contributed by atoms with Gasteiger partial charge in [0.1, 0.15) is 0 Å². The van der Waals surface area contributed by atoms with Gasteiger partial charge in [0, 0.05) is 25.2 Å². The van der Waals surface area contributed by atoms with Gasteiger partial charge in [0.2, 0.25) is 10.0 Å². The van der Waals surface area contributed by atoms with Gasteiger partial charge in [-0.15, -0.1) is 0 Å². The number of methoxy groups -OCH3 is 1. The summed E-state index contributed by atoms with van der Waals surface area (Å²) in [4.78, 5) is 23.2. The molecule has 26 heavy (non-hydrogen) atoms. The van der Waals surface area contributed by atoms with E-state index in [-0.39, 0.29) is 36.0 Å². The van der Waals surface area contributed by atoms with Crippen LogP contribution in [0.25, 0.3) is 0 Å². The molecular weight excluding hydrogens is 360 g/mol. The van der Waals surface area contributed by atoms with Gasteiger partial charge in [-0.3, -0.25) is 9.59 Å². The minimum absolute atomic E-state index is 0.0715. The number of nitrogens with one attached hydrogen (secondary N) is 1. The first-order chi connectivity index (χ1) is 12.2. The second-order valence-corrected chi connectivity index (χ2v) is 8.12. The molecule has 1 heterocycles. The number of carbonyl (C=O) groups excluding carboxylic acids is 2. The highest BCUT2D eigenvalue weighted by Gasteiger charge is 2.32. The maximum atomic E-state index is 12.8. The first-order valence-corrected chi connectivity index (χ1v) is 9.78. The summed E-state index contributed by atoms with van der Waals surface area (Å²) in [6.07, 6.45) is -0.274. The highest BCUT2D eigenvalue weighted by molar-refractivity contribution is 7.89. The first kappa shape index (κ1) is 20.3. The quantitative estimate of drug-likeness (QED) is 0.727. The van der Waals surface area contributed by atoms with E-state index in [0.29, 0.717) is 18.7 Å². The third-order valence-electron chi connectivity index (χ3n) is 3.98. The minimum Gasteiger partial charge on any atom is -0.469 e. The van der Waals surface area contributed by atoms with Gasteiger partial charge < -0.3 is 14.8 Å². The molecule has 1 N–H and O–H groups in total. The van der Waals surface area contributed by atoms with E-state index in [0.717, 1.165) is 0 Å². The van der Waals surface area contributed by atoms with E-state index in [1.54, 1.807) is 0 Å². The number of hydrogen-bond donors (Lipinski definition) is 1. The Morgan fingerprint density at radius 2 is 1.77 bits per heavy atom. The van der Waals surface area contributed by atoms with Crippen molar-refractivity contribution in [3.05, 3.63) is 29.8 Å². The highest BCUT2D eigenvalue weighted by atomic mass is 32.2. The van der Waals surface area contributed by atoms with Crippen LogP contribution in [0.1, 0.15) is 30.6 Å². The molecule has 1 aliphatic heterocycles. The Kier molecular flexibility index (Phi) is 6.74. The molecule has 1 aromatic carbocycles. The van der Waals surface area contributed by atoms with Crippen molar-refractivity contribution in [3.63, 3.8) is 0 Å². The van der Waals surface area contributed by atoms with Crippen molar-refractivity contribution >= 4 is 21.9 Å². The first-order valence-electron chi connectivity index (χ1n) is 8.34. The lowest BCUT2D eigenvalue weighted by Gasteiger charge is -2.34. The summed E-state index contributed by atoms with van der Waals surface area (Å²) in [7, 11) is -2.36. The van der Waals surface area contributed by atoms with Gasteiger partial charge in [0.05, 0.1) is 30.6 Å². The largest absolute Gasteiger partial charge is 0.469 e. The summed E-state index contributed by atoms with van der Waals surface area (Å²) in [5.41, 5.74) is 0.317. The smallest absolute Gasteiger partial charge is 0.307 e. The van der Waals surface area contributed by atoms with Crippen LogP contribution in [0.4, 0.5) is 0 Å². The van der Waals surface area contributed by atoms with Crippen LogP contribution in [0.3, 0.4) is 0 Å². The van der Waals surface area contributed by atoms with Crippen molar-refractivity contribution in [2.45, 2.75) is 37.4 Å². The fraction of sp³-hybridized carbons (Fsp3) is 0.529. The Labute approximate surface area is 153 Å². The van der Waals surface area contributed by atoms with Crippen LogP contribution in [0, 0.1) is 0 Å². The Morgan fingerprint density at radius 3 is 2.31 bits per heavy atom. The van der Waals surface area contributed by atoms with Crippen molar-refractivity contribution < 1.29 is 27.5 Å². The highest BCUT2D eigenvalue weighted by Crippen LogP contribution is 2.21. The number of nitrogens with zero attached hydrogens (tertiary/aromatic N) is 1. The monoisotopic (exact) mass is 384 g/mol. The number of sulfonamides is 1. The van der Waals surface area contributed by atoms with Crippen molar-refractivity contribution in [2.75, 3.05) is 26.7 Å². The van der Waals surface area contributed by atoms with Crippen LogP contribution < -0.4 is 5.32 Å². The standard InChI is InChI=1S/C17H24N2O6S/c1-12-10-19(11-13(2)25-12)26(22,23)15-6-4-14(5-7-15)17(21)18-9-8-16(20)24-3/h4-7,12-13H,8-11H2,1-3H3,(H,18,21)/t12-,13+. The second-order valence-electron chi connectivity index (χ2n) is 6.19. The summed E-state index contributed by atoms with van der Waals surface area (Å²) in [6, 6.07) is 5.73. The summed E-state index contributed by atoms with van der Waals surface area (Å²) in [6.45, 7) is 4.40. The van der Waals surface area contributed by atoms with Gasteiger partial charge in [-0.25, -0.2) is 8.42 Å². The predicted molar refractivity (Wildman–Crippen MR) is 94.2 cm³/mol. The lowest BCUT2D eigenvalue weighted by molar-refractivity contribution is -0.140. The molecule has 9 heteroatoms. The number of carbonyl (C=O) groups is 2.